The lowest BCUT2D eigenvalue weighted by atomic mass is 10.1. The number of nitrogens with one attached hydrogen (secondary N) is 1. The fourth-order valence-electron chi connectivity index (χ4n) is 1.36. The molecule has 0 spiro atoms. The van der Waals surface area contributed by atoms with E-state index in [0.29, 0.717) is 0 Å². The average Bonchev–Trinajstić information content (AvgIpc) is 2.84. The van der Waals surface area contributed by atoms with Crippen molar-refractivity contribution in [3.8, 4) is 0 Å². The molecule has 1 aromatic heterocycles. The second-order valence-electron chi connectivity index (χ2n) is 3.80. The van der Waals surface area contributed by atoms with E-state index in [4.69, 9.17) is 10.2 Å². The molecule has 1 atom stereocenters. The first-order chi connectivity index (χ1) is 8.99. The molecule has 1 unspecified atom stereocenters. The maximum atomic E-state index is 11.5. The van der Waals surface area contributed by atoms with Crippen LogP contribution in [0, 0.1) is 0 Å². The Labute approximate surface area is 108 Å². The Hall–Kier alpha value is -2.45. The topological polar surface area (TPSA) is 134 Å². The van der Waals surface area contributed by atoms with Gasteiger partial charge in [-0.15, -0.1) is 0 Å². The minimum Gasteiger partial charge on any atom is -0.481 e. The number of carbonyl (C=O) groups is 3. The molecule has 1 heterocycles. The molecule has 0 aromatic carbocycles. The number of rotatable bonds is 8. The summed E-state index contributed by atoms with van der Waals surface area (Å²) < 4.78 is 1.44. The average molecular weight is 270 g/mol. The van der Waals surface area contributed by atoms with Crippen LogP contribution in [0.5, 0.6) is 0 Å². The minimum absolute atomic E-state index is 0.0419. The number of aromatic nitrogens is 3. The predicted octanol–water partition coefficient (Wildman–Crippen LogP) is -0.898. The van der Waals surface area contributed by atoms with Crippen LogP contribution in [0.15, 0.2) is 12.7 Å². The highest BCUT2D eigenvalue weighted by molar-refractivity contribution is 5.83. The van der Waals surface area contributed by atoms with E-state index in [1.807, 2.05) is 0 Å². The molecule has 1 amide bonds. The van der Waals surface area contributed by atoms with Crippen molar-refractivity contribution in [2.24, 2.45) is 0 Å². The van der Waals surface area contributed by atoms with Gasteiger partial charge in [0.2, 0.25) is 5.91 Å². The highest BCUT2D eigenvalue weighted by Crippen LogP contribution is 1.99. The molecular formula is C10H14N4O5. The Balaban J connectivity index is 2.38. The monoisotopic (exact) mass is 270 g/mol. The highest BCUT2D eigenvalue weighted by Gasteiger charge is 2.20. The molecule has 9 nitrogen and oxygen atoms in total. The van der Waals surface area contributed by atoms with Crippen LogP contribution in [0.1, 0.15) is 19.3 Å². The van der Waals surface area contributed by atoms with Crippen LogP contribution in [-0.2, 0) is 20.9 Å². The van der Waals surface area contributed by atoms with Gasteiger partial charge in [-0.2, -0.15) is 5.10 Å². The first kappa shape index (κ1) is 14.6. The van der Waals surface area contributed by atoms with Crippen molar-refractivity contribution in [2.45, 2.75) is 31.8 Å². The van der Waals surface area contributed by atoms with E-state index in [9.17, 15) is 14.4 Å². The van der Waals surface area contributed by atoms with E-state index in [-0.39, 0.29) is 25.8 Å². The number of hydrogen-bond acceptors (Lipinski definition) is 5. The van der Waals surface area contributed by atoms with E-state index < -0.39 is 23.9 Å². The van der Waals surface area contributed by atoms with E-state index in [1.165, 1.54) is 17.3 Å². The third kappa shape index (κ3) is 5.61. The van der Waals surface area contributed by atoms with Gasteiger partial charge in [0.25, 0.3) is 0 Å². The fourth-order valence-corrected chi connectivity index (χ4v) is 1.36. The summed E-state index contributed by atoms with van der Waals surface area (Å²) in [6.07, 6.45) is 2.33. The zero-order valence-electron chi connectivity index (χ0n) is 10.0. The zero-order chi connectivity index (χ0) is 14.3. The normalized spacial score (nSPS) is 11.8. The summed E-state index contributed by atoms with van der Waals surface area (Å²) in [5.74, 6) is -2.84. The van der Waals surface area contributed by atoms with Crippen LogP contribution in [0.3, 0.4) is 0 Å². The van der Waals surface area contributed by atoms with Gasteiger partial charge >= 0.3 is 11.9 Å². The number of aliphatic carboxylic acids is 2. The second-order valence-corrected chi connectivity index (χ2v) is 3.80. The number of carboxylic acid groups (broad SMARTS) is 2. The van der Waals surface area contributed by atoms with Crippen molar-refractivity contribution >= 4 is 17.8 Å². The van der Waals surface area contributed by atoms with Crippen LogP contribution >= 0.6 is 0 Å². The van der Waals surface area contributed by atoms with Gasteiger partial charge in [0.1, 0.15) is 18.7 Å². The Morgan fingerprint density at radius 2 is 2.00 bits per heavy atom. The van der Waals surface area contributed by atoms with E-state index in [2.05, 4.69) is 15.4 Å². The summed E-state index contributed by atoms with van der Waals surface area (Å²) >= 11 is 0. The lowest BCUT2D eigenvalue weighted by molar-refractivity contribution is -0.143. The summed E-state index contributed by atoms with van der Waals surface area (Å²) in [5, 5.41) is 23.4. The minimum atomic E-state index is -1.25. The number of hydrogen-bond donors (Lipinski definition) is 3. The van der Waals surface area contributed by atoms with E-state index in [1.54, 1.807) is 0 Å². The van der Waals surface area contributed by atoms with Crippen molar-refractivity contribution in [2.75, 3.05) is 0 Å². The van der Waals surface area contributed by atoms with Gasteiger partial charge in [0, 0.05) is 12.8 Å². The summed E-state index contributed by atoms with van der Waals surface area (Å²) in [6, 6.07) is -1.20. The van der Waals surface area contributed by atoms with E-state index in [0.717, 1.165) is 0 Å². The van der Waals surface area contributed by atoms with Gasteiger partial charge in [0.05, 0.1) is 6.54 Å². The molecule has 1 aromatic rings. The lowest BCUT2D eigenvalue weighted by Gasteiger charge is -2.13. The van der Waals surface area contributed by atoms with Crippen molar-refractivity contribution in [3.05, 3.63) is 12.7 Å². The Kier molecular flexibility index (Phi) is 5.45. The molecule has 19 heavy (non-hydrogen) atoms. The smallest absolute Gasteiger partial charge is 0.326 e. The van der Waals surface area contributed by atoms with Gasteiger partial charge in [-0.05, 0) is 6.42 Å². The third-order valence-electron chi connectivity index (χ3n) is 2.31. The number of nitrogens with zero attached hydrogens (tertiary/aromatic N) is 3. The zero-order valence-corrected chi connectivity index (χ0v) is 10.0. The molecule has 0 radical (unpaired) electrons. The van der Waals surface area contributed by atoms with Gasteiger partial charge in [-0.25, -0.2) is 9.78 Å². The summed E-state index contributed by atoms with van der Waals surface area (Å²) in [4.78, 5) is 36.4. The lowest BCUT2D eigenvalue weighted by Crippen LogP contribution is -2.41. The third-order valence-corrected chi connectivity index (χ3v) is 2.31. The second kappa shape index (κ2) is 7.09. The molecule has 0 fully saturated rings. The molecule has 0 saturated heterocycles. The number of aryl methyl sites for hydroxylation is 1. The van der Waals surface area contributed by atoms with Crippen molar-refractivity contribution in [1.82, 2.24) is 20.1 Å². The van der Waals surface area contributed by atoms with Crippen LogP contribution in [0.2, 0.25) is 0 Å². The summed E-state index contributed by atoms with van der Waals surface area (Å²) in [5.41, 5.74) is 0. The Morgan fingerprint density at radius 3 is 2.53 bits per heavy atom. The molecular weight excluding hydrogens is 256 g/mol. The van der Waals surface area contributed by atoms with Gasteiger partial charge < -0.3 is 15.5 Å². The first-order valence-corrected chi connectivity index (χ1v) is 5.55. The van der Waals surface area contributed by atoms with Gasteiger partial charge in [-0.3, -0.25) is 14.3 Å². The van der Waals surface area contributed by atoms with Crippen molar-refractivity contribution < 1.29 is 24.6 Å². The van der Waals surface area contributed by atoms with Crippen LogP contribution in [-0.4, -0.2) is 48.9 Å². The van der Waals surface area contributed by atoms with E-state index >= 15 is 0 Å². The summed E-state index contributed by atoms with van der Waals surface area (Å²) in [6.45, 7) is 0.275. The van der Waals surface area contributed by atoms with Crippen molar-refractivity contribution in [1.29, 1.82) is 0 Å². The molecule has 0 aliphatic carbocycles. The van der Waals surface area contributed by atoms with Crippen molar-refractivity contribution in [3.63, 3.8) is 0 Å². The molecule has 1 rings (SSSR count). The Morgan fingerprint density at radius 1 is 1.26 bits per heavy atom. The standard InChI is InChI=1S/C10H14N4O5/c15-8(3-4-14-6-11-5-12-14)13-7(10(18)19)1-2-9(16)17/h5-7H,1-4H2,(H,13,15)(H,16,17)(H,18,19). The molecule has 0 saturated carbocycles. The van der Waals surface area contributed by atoms with Crippen LogP contribution in [0.25, 0.3) is 0 Å². The molecule has 0 aliphatic heterocycles. The maximum Gasteiger partial charge on any atom is 0.326 e. The predicted molar refractivity (Wildman–Crippen MR) is 61.1 cm³/mol. The molecule has 3 N–H and O–H groups in total. The highest BCUT2D eigenvalue weighted by atomic mass is 16.4. The first-order valence-electron chi connectivity index (χ1n) is 5.55. The molecule has 9 heteroatoms. The summed E-state index contributed by atoms with van der Waals surface area (Å²) in [7, 11) is 0. The quantitative estimate of drug-likeness (QED) is 0.557. The maximum absolute atomic E-state index is 11.5. The number of carbonyl (C=O) groups excluding carboxylic acids is 1. The number of amides is 1. The number of carboxylic acids is 2. The van der Waals surface area contributed by atoms with Crippen LogP contribution in [0.4, 0.5) is 0 Å². The SMILES string of the molecule is O=C(O)CCC(NC(=O)CCn1cncn1)C(=O)O. The Bertz CT molecular complexity index is 445. The largest absolute Gasteiger partial charge is 0.481 e. The molecule has 0 aliphatic rings. The van der Waals surface area contributed by atoms with Gasteiger partial charge in [-0.1, -0.05) is 0 Å². The molecule has 0 bridgehead atoms. The molecule has 104 valence electrons. The van der Waals surface area contributed by atoms with Crippen LogP contribution < -0.4 is 5.32 Å². The van der Waals surface area contributed by atoms with Gasteiger partial charge in [0.15, 0.2) is 0 Å². The fraction of sp³-hybridized carbons (Fsp3) is 0.500.